The summed E-state index contributed by atoms with van der Waals surface area (Å²) in [5, 5.41) is 28.5. The minimum absolute atomic E-state index is 0.00748. The summed E-state index contributed by atoms with van der Waals surface area (Å²) >= 11 is 0. The quantitative estimate of drug-likeness (QED) is 0.508. The van der Waals surface area contributed by atoms with E-state index in [1.165, 1.54) is 19.0 Å². The van der Waals surface area contributed by atoms with Gasteiger partial charge in [-0.1, -0.05) is 6.07 Å². The van der Waals surface area contributed by atoms with Crippen molar-refractivity contribution in [3.63, 3.8) is 0 Å². The van der Waals surface area contributed by atoms with Crippen LogP contribution in [0, 0.1) is 5.92 Å². The molecule has 31 heavy (non-hydrogen) atoms. The number of hydrogen-bond donors (Lipinski definition) is 3. The molecule has 3 N–H and O–H groups in total. The maximum absolute atomic E-state index is 12.3. The van der Waals surface area contributed by atoms with Crippen LogP contribution in [0.15, 0.2) is 24.3 Å². The zero-order valence-electron chi connectivity index (χ0n) is 17.2. The Kier molecular flexibility index (Phi) is 5.43. The van der Waals surface area contributed by atoms with Gasteiger partial charge in [-0.25, -0.2) is 0 Å². The molecule has 1 fully saturated rings. The molecule has 0 aliphatic heterocycles. The summed E-state index contributed by atoms with van der Waals surface area (Å²) in [6, 6.07) is 6.92. The van der Waals surface area contributed by atoms with E-state index in [2.05, 4.69) is 41.6 Å². The molecule has 2 amide bonds. The smallest absolute Gasteiger partial charge is 0.273 e. The number of hydrogen-bond acceptors (Lipinski definition) is 9. The van der Waals surface area contributed by atoms with Crippen LogP contribution in [0.3, 0.4) is 0 Å². The lowest BCUT2D eigenvalue weighted by Crippen LogP contribution is -2.22. The highest BCUT2D eigenvalue weighted by Gasteiger charge is 2.30. The van der Waals surface area contributed by atoms with Gasteiger partial charge in [0.15, 0.2) is 17.3 Å². The second kappa shape index (κ2) is 8.34. The maximum atomic E-state index is 12.3. The fraction of sp³-hybridized carbons (Fsp3) is 0.316. The van der Waals surface area contributed by atoms with Gasteiger partial charge in [-0.05, 0) is 30.2 Å². The predicted octanol–water partition coefficient (Wildman–Crippen LogP) is 1.13. The maximum Gasteiger partial charge on any atom is 0.273 e. The average molecular weight is 423 g/mol. The largest absolute Gasteiger partial charge is 0.494 e. The molecule has 0 bridgehead atoms. The number of ether oxygens (including phenoxy) is 1. The van der Waals surface area contributed by atoms with E-state index in [1.54, 1.807) is 31.3 Å². The Balaban J connectivity index is 1.71. The van der Waals surface area contributed by atoms with E-state index in [0.29, 0.717) is 28.5 Å². The number of anilines is 3. The number of para-hydroxylation sites is 1. The molecular weight excluding hydrogens is 402 g/mol. The first-order chi connectivity index (χ1) is 15.0. The summed E-state index contributed by atoms with van der Waals surface area (Å²) in [7, 11) is 4.68. The SMILES string of the molecule is CNC(=O)c1nnc(NC(=O)C2CC2)cc1Nc1cccc(-c2nnn(C)n2)c1OC. The fourth-order valence-electron chi connectivity index (χ4n) is 2.98. The molecule has 1 aliphatic rings. The molecule has 0 atom stereocenters. The van der Waals surface area contributed by atoms with Crippen molar-refractivity contribution in [3.8, 4) is 17.1 Å². The van der Waals surface area contributed by atoms with E-state index >= 15 is 0 Å². The summed E-state index contributed by atoms with van der Waals surface area (Å²) in [6.45, 7) is 0. The van der Waals surface area contributed by atoms with Gasteiger partial charge in [-0.3, -0.25) is 9.59 Å². The summed E-state index contributed by atoms with van der Waals surface area (Å²) in [6.07, 6.45) is 1.72. The molecule has 0 spiro atoms. The first-order valence-corrected chi connectivity index (χ1v) is 9.59. The van der Waals surface area contributed by atoms with Crippen molar-refractivity contribution >= 4 is 29.0 Å². The Morgan fingerprint density at radius 1 is 1.16 bits per heavy atom. The van der Waals surface area contributed by atoms with Gasteiger partial charge in [-0.2, -0.15) is 4.80 Å². The Hall–Kier alpha value is -4.09. The molecule has 1 aromatic carbocycles. The number of tetrazole rings is 1. The topological polar surface area (TPSA) is 149 Å². The zero-order valence-corrected chi connectivity index (χ0v) is 17.2. The lowest BCUT2D eigenvalue weighted by Gasteiger charge is -2.16. The predicted molar refractivity (Wildman–Crippen MR) is 111 cm³/mol. The normalized spacial score (nSPS) is 12.9. The van der Waals surface area contributed by atoms with Gasteiger partial charge < -0.3 is 20.7 Å². The number of nitrogens with zero attached hydrogens (tertiary/aromatic N) is 6. The molecule has 12 nitrogen and oxygen atoms in total. The van der Waals surface area contributed by atoms with Gasteiger partial charge in [0.05, 0.1) is 31.1 Å². The fourth-order valence-corrected chi connectivity index (χ4v) is 2.98. The Morgan fingerprint density at radius 2 is 1.97 bits per heavy atom. The van der Waals surface area contributed by atoms with Gasteiger partial charge in [0.25, 0.3) is 5.91 Å². The number of aryl methyl sites for hydroxylation is 1. The van der Waals surface area contributed by atoms with E-state index in [-0.39, 0.29) is 23.3 Å². The molecule has 1 saturated carbocycles. The van der Waals surface area contributed by atoms with Crippen molar-refractivity contribution in [1.29, 1.82) is 0 Å². The zero-order chi connectivity index (χ0) is 22.0. The second-order valence-electron chi connectivity index (χ2n) is 6.95. The highest BCUT2D eigenvalue weighted by molar-refractivity contribution is 6.00. The number of carbonyl (C=O) groups is 2. The first-order valence-electron chi connectivity index (χ1n) is 9.59. The van der Waals surface area contributed by atoms with Crippen LogP contribution < -0.4 is 20.7 Å². The highest BCUT2D eigenvalue weighted by Crippen LogP contribution is 2.37. The standard InChI is InChI=1S/C19H21N9O3/c1-20-19(30)15-13(9-14(23-24-15)22-18(29)10-7-8-10)21-12-6-4-5-11(16(12)31-3)17-25-27-28(2)26-17/h4-6,9-10H,7-8H2,1-3H3,(H,20,30)(H2,21,22,23,29). The van der Waals surface area contributed by atoms with E-state index in [0.717, 1.165) is 12.8 Å². The van der Waals surface area contributed by atoms with Crippen LogP contribution in [0.5, 0.6) is 5.75 Å². The number of benzene rings is 1. The number of nitrogens with one attached hydrogen (secondary N) is 3. The lowest BCUT2D eigenvalue weighted by atomic mass is 10.1. The van der Waals surface area contributed by atoms with Gasteiger partial charge >= 0.3 is 0 Å². The van der Waals surface area contributed by atoms with Gasteiger partial charge in [0.2, 0.25) is 11.7 Å². The van der Waals surface area contributed by atoms with E-state index < -0.39 is 5.91 Å². The van der Waals surface area contributed by atoms with Crippen LogP contribution in [0.1, 0.15) is 23.3 Å². The van der Waals surface area contributed by atoms with Crippen molar-refractivity contribution in [2.45, 2.75) is 12.8 Å². The first kappa shape index (κ1) is 20.2. The number of rotatable bonds is 7. The van der Waals surface area contributed by atoms with Crippen molar-refractivity contribution in [2.24, 2.45) is 13.0 Å². The third kappa shape index (κ3) is 4.27. The minimum atomic E-state index is -0.430. The van der Waals surface area contributed by atoms with E-state index in [9.17, 15) is 9.59 Å². The lowest BCUT2D eigenvalue weighted by molar-refractivity contribution is -0.117. The van der Waals surface area contributed by atoms with Crippen LogP contribution in [-0.4, -0.2) is 56.4 Å². The average Bonchev–Trinajstić information content (AvgIpc) is 3.54. The molecule has 12 heteroatoms. The molecule has 2 heterocycles. The summed E-state index contributed by atoms with van der Waals surface area (Å²) in [5.41, 5.74) is 1.58. The van der Waals surface area contributed by atoms with Crippen molar-refractivity contribution in [3.05, 3.63) is 30.0 Å². The molecule has 4 rings (SSSR count). The molecule has 0 unspecified atom stereocenters. The molecular formula is C19H21N9O3. The molecule has 0 saturated heterocycles. The number of carbonyl (C=O) groups excluding carboxylic acids is 2. The van der Waals surface area contributed by atoms with Crippen LogP contribution in [-0.2, 0) is 11.8 Å². The summed E-state index contributed by atoms with van der Waals surface area (Å²) in [4.78, 5) is 25.8. The Morgan fingerprint density at radius 3 is 2.61 bits per heavy atom. The summed E-state index contributed by atoms with van der Waals surface area (Å²) in [5.74, 6) is 0.561. The number of aromatic nitrogens is 6. The van der Waals surface area contributed by atoms with Gasteiger partial charge in [0.1, 0.15) is 0 Å². The third-order valence-corrected chi connectivity index (χ3v) is 4.67. The van der Waals surface area contributed by atoms with E-state index in [4.69, 9.17) is 4.74 Å². The van der Waals surface area contributed by atoms with Gasteiger partial charge in [-0.15, -0.1) is 20.4 Å². The van der Waals surface area contributed by atoms with Crippen molar-refractivity contribution in [1.82, 2.24) is 35.7 Å². The van der Waals surface area contributed by atoms with Crippen molar-refractivity contribution < 1.29 is 14.3 Å². The highest BCUT2D eigenvalue weighted by atomic mass is 16.5. The van der Waals surface area contributed by atoms with Crippen LogP contribution in [0.4, 0.5) is 17.2 Å². The van der Waals surface area contributed by atoms with Crippen LogP contribution in [0.25, 0.3) is 11.4 Å². The Bertz CT molecular complexity index is 1140. The van der Waals surface area contributed by atoms with Gasteiger partial charge in [0, 0.05) is 19.0 Å². The number of methoxy groups -OCH3 is 1. The third-order valence-electron chi connectivity index (χ3n) is 4.67. The van der Waals surface area contributed by atoms with Crippen LogP contribution in [0.2, 0.25) is 0 Å². The van der Waals surface area contributed by atoms with E-state index in [1.807, 2.05) is 0 Å². The minimum Gasteiger partial charge on any atom is -0.494 e. The Labute approximate surface area is 177 Å². The molecule has 160 valence electrons. The summed E-state index contributed by atoms with van der Waals surface area (Å²) < 4.78 is 5.59. The molecule has 1 aliphatic carbocycles. The monoisotopic (exact) mass is 423 g/mol. The molecule has 3 aromatic rings. The molecule has 0 radical (unpaired) electrons. The number of amides is 2. The van der Waals surface area contributed by atoms with Crippen LogP contribution >= 0.6 is 0 Å². The second-order valence-corrected chi connectivity index (χ2v) is 6.95. The molecule has 2 aromatic heterocycles. The van der Waals surface area contributed by atoms with Crippen molar-refractivity contribution in [2.75, 3.05) is 24.8 Å².